The second kappa shape index (κ2) is 7.40. The number of amides is 1. The largest absolute Gasteiger partial charge is 0.467 e. The maximum absolute atomic E-state index is 12.2. The van der Waals surface area contributed by atoms with Crippen LogP contribution in [0, 0.1) is 0 Å². The molecule has 0 bridgehead atoms. The highest BCUT2D eigenvalue weighted by molar-refractivity contribution is 8.14. The van der Waals surface area contributed by atoms with Crippen molar-refractivity contribution in [2.45, 2.75) is 25.1 Å². The van der Waals surface area contributed by atoms with Crippen molar-refractivity contribution in [1.82, 2.24) is 15.1 Å². The quantitative estimate of drug-likeness (QED) is 0.904. The summed E-state index contributed by atoms with van der Waals surface area (Å²) in [6.45, 7) is 9.20. The highest BCUT2D eigenvalue weighted by Crippen LogP contribution is 2.23. The lowest BCUT2D eigenvalue weighted by Gasteiger charge is -2.35. The van der Waals surface area contributed by atoms with Crippen molar-refractivity contribution in [3.05, 3.63) is 24.2 Å². The number of piperazine rings is 1. The molecular formula is C16H24N4O2S. The average Bonchev–Trinajstić information content (AvgIpc) is 3.19. The molecule has 23 heavy (non-hydrogen) atoms. The second-order valence-corrected chi connectivity index (χ2v) is 7.53. The SMILES string of the molecule is CC1CN=C(N2CCN(CC(=O)NC(C)c3ccco3)CC2)S1. The molecule has 0 spiro atoms. The standard InChI is InChI=1S/C16H24N4O2S/c1-12-10-17-16(23-12)20-7-5-19(6-8-20)11-15(21)18-13(2)14-4-3-9-22-14/h3-4,9,12-13H,5-8,10-11H2,1-2H3,(H,18,21). The van der Waals surface area contributed by atoms with E-state index < -0.39 is 0 Å². The van der Waals surface area contributed by atoms with E-state index in [9.17, 15) is 4.79 Å². The van der Waals surface area contributed by atoms with Gasteiger partial charge in [0.25, 0.3) is 0 Å². The first-order valence-electron chi connectivity index (χ1n) is 8.13. The lowest BCUT2D eigenvalue weighted by molar-refractivity contribution is -0.123. The van der Waals surface area contributed by atoms with Crippen LogP contribution in [0.1, 0.15) is 25.6 Å². The lowest BCUT2D eigenvalue weighted by atomic mass is 10.2. The molecule has 0 saturated carbocycles. The summed E-state index contributed by atoms with van der Waals surface area (Å²) in [5.41, 5.74) is 0. The molecule has 6 nitrogen and oxygen atoms in total. The van der Waals surface area contributed by atoms with Crippen LogP contribution in [-0.2, 0) is 4.79 Å². The van der Waals surface area contributed by atoms with E-state index in [1.165, 1.54) is 5.17 Å². The number of carbonyl (C=O) groups excluding carboxylic acids is 1. The van der Waals surface area contributed by atoms with E-state index in [-0.39, 0.29) is 11.9 Å². The van der Waals surface area contributed by atoms with Gasteiger partial charge in [-0.3, -0.25) is 14.7 Å². The summed E-state index contributed by atoms with van der Waals surface area (Å²) in [5, 5.41) is 4.75. The van der Waals surface area contributed by atoms with Crippen molar-refractivity contribution in [3.63, 3.8) is 0 Å². The van der Waals surface area contributed by atoms with Gasteiger partial charge >= 0.3 is 0 Å². The van der Waals surface area contributed by atoms with Gasteiger partial charge in [0.05, 0.1) is 25.4 Å². The molecule has 1 aromatic rings. The number of furan rings is 1. The highest BCUT2D eigenvalue weighted by Gasteiger charge is 2.25. The predicted octanol–water partition coefficient (Wildman–Crippen LogP) is 1.57. The Bertz CT molecular complexity index is 552. The minimum Gasteiger partial charge on any atom is -0.467 e. The fraction of sp³-hybridized carbons (Fsp3) is 0.625. The molecule has 3 rings (SSSR count). The molecule has 2 aliphatic heterocycles. The first kappa shape index (κ1) is 16.4. The molecular weight excluding hydrogens is 312 g/mol. The molecule has 0 aliphatic carbocycles. The Morgan fingerprint density at radius 3 is 2.87 bits per heavy atom. The van der Waals surface area contributed by atoms with Crippen LogP contribution in [0.5, 0.6) is 0 Å². The first-order chi connectivity index (χ1) is 11.1. The fourth-order valence-corrected chi connectivity index (χ4v) is 3.82. The normalized spacial score (nSPS) is 23.7. The van der Waals surface area contributed by atoms with E-state index in [1.54, 1.807) is 6.26 Å². The smallest absolute Gasteiger partial charge is 0.234 e. The number of nitrogens with one attached hydrogen (secondary N) is 1. The Morgan fingerprint density at radius 2 is 2.26 bits per heavy atom. The summed E-state index contributed by atoms with van der Waals surface area (Å²) in [5.74, 6) is 0.831. The maximum atomic E-state index is 12.2. The van der Waals surface area contributed by atoms with Crippen molar-refractivity contribution < 1.29 is 9.21 Å². The number of amidine groups is 1. The molecule has 2 aliphatic rings. The van der Waals surface area contributed by atoms with Crippen molar-refractivity contribution in [2.24, 2.45) is 4.99 Å². The van der Waals surface area contributed by atoms with Crippen LogP contribution in [0.15, 0.2) is 27.8 Å². The van der Waals surface area contributed by atoms with Crippen molar-refractivity contribution in [1.29, 1.82) is 0 Å². The second-order valence-electron chi connectivity index (χ2n) is 6.12. The van der Waals surface area contributed by atoms with E-state index in [2.05, 4.69) is 27.0 Å². The number of aliphatic imine (C=N–C) groups is 1. The third-order valence-corrected chi connectivity index (χ3v) is 5.30. The molecule has 1 aromatic heterocycles. The van der Waals surface area contributed by atoms with Crippen molar-refractivity contribution in [3.8, 4) is 0 Å². The van der Waals surface area contributed by atoms with Gasteiger partial charge in [0.2, 0.25) is 5.91 Å². The van der Waals surface area contributed by atoms with Crippen LogP contribution in [0.4, 0.5) is 0 Å². The highest BCUT2D eigenvalue weighted by atomic mass is 32.2. The van der Waals surface area contributed by atoms with Gasteiger partial charge in [0, 0.05) is 31.4 Å². The average molecular weight is 336 g/mol. The molecule has 1 N–H and O–H groups in total. The monoisotopic (exact) mass is 336 g/mol. The number of carbonyl (C=O) groups is 1. The van der Waals surface area contributed by atoms with E-state index in [4.69, 9.17) is 4.42 Å². The summed E-state index contributed by atoms with van der Waals surface area (Å²) in [6, 6.07) is 3.62. The van der Waals surface area contributed by atoms with Crippen LogP contribution in [-0.4, -0.2) is 65.4 Å². The molecule has 1 fully saturated rings. The topological polar surface area (TPSA) is 61.1 Å². The minimum absolute atomic E-state index is 0.0450. The van der Waals surface area contributed by atoms with E-state index >= 15 is 0 Å². The Kier molecular flexibility index (Phi) is 5.27. The summed E-state index contributed by atoms with van der Waals surface area (Å²) in [4.78, 5) is 21.3. The maximum Gasteiger partial charge on any atom is 0.234 e. The molecule has 0 radical (unpaired) electrons. The predicted molar refractivity (Wildman–Crippen MR) is 92.6 cm³/mol. The number of nitrogens with zero attached hydrogens (tertiary/aromatic N) is 3. The van der Waals surface area contributed by atoms with E-state index in [1.807, 2.05) is 30.8 Å². The van der Waals surface area contributed by atoms with Gasteiger partial charge in [-0.15, -0.1) is 0 Å². The Labute approximate surface area is 141 Å². The van der Waals surface area contributed by atoms with Crippen LogP contribution < -0.4 is 5.32 Å². The molecule has 2 unspecified atom stereocenters. The summed E-state index contributed by atoms with van der Waals surface area (Å²) < 4.78 is 5.32. The molecule has 3 heterocycles. The van der Waals surface area contributed by atoms with Gasteiger partial charge in [0.1, 0.15) is 5.76 Å². The van der Waals surface area contributed by atoms with Gasteiger partial charge in [-0.1, -0.05) is 18.7 Å². The van der Waals surface area contributed by atoms with Gasteiger partial charge in [0.15, 0.2) is 5.17 Å². The zero-order valence-electron chi connectivity index (χ0n) is 13.7. The molecule has 2 atom stereocenters. The number of hydrogen-bond acceptors (Lipinski definition) is 6. The van der Waals surface area contributed by atoms with Crippen LogP contribution in [0.3, 0.4) is 0 Å². The summed E-state index contributed by atoms with van der Waals surface area (Å²) in [7, 11) is 0. The number of thioether (sulfide) groups is 1. The first-order valence-corrected chi connectivity index (χ1v) is 9.01. The Balaban J connectivity index is 1.41. The van der Waals surface area contributed by atoms with E-state index in [0.29, 0.717) is 11.8 Å². The van der Waals surface area contributed by atoms with Gasteiger partial charge in [-0.2, -0.15) is 0 Å². The molecule has 126 valence electrons. The summed E-state index contributed by atoms with van der Waals surface area (Å²) >= 11 is 1.86. The van der Waals surface area contributed by atoms with Gasteiger partial charge < -0.3 is 14.6 Å². The molecule has 7 heteroatoms. The van der Waals surface area contributed by atoms with Gasteiger partial charge in [-0.05, 0) is 19.1 Å². The van der Waals surface area contributed by atoms with Crippen LogP contribution in [0.2, 0.25) is 0 Å². The molecule has 1 saturated heterocycles. The van der Waals surface area contributed by atoms with Crippen molar-refractivity contribution in [2.75, 3.05) is 39.3 Å². The zero-order valence-corrected chi connectivity index (χ0v) is 14.5. The molecule has 0 aromatic carbocycles. The Hall–Kier alpha value is -1.47. The Morgan fingerprint density at radius 1 is 1.48 bits per heavy atom. The number of hydrogen-bond donors (Lipinski definition) is 1. The van der Waals surface area contributed by atoms with Crippen LogP contribution in [0.25, 0.3) is 0 Å². The fourth-order valence-electron chi connectivity index (χ4n) is 2.83. The number of rotatable bonds is 4. The van der Waals surface area contributed by atoms with Crippen LogP contribution >= 0.6 is 11.8 Å². The van der Waals surface area contributed by atoms with E-state index in [0.717, 1.165) is 38.5 Å². The van der Waals surface area contributed by atoms with Gasteiger partial charge in [-0.25, -0.2) is 0 Å². The van der Waals surface area contributed by atoms with Crippen molar-refractivity contribution >= 4 is 22.8 Å². The zero-order chi connectivity index (χ0) is 16.2. The minimum atomic E-state index is -0.0930. The molecule has 1 amide bonds. The summed E-state index contributed by atoms with van der Waals surface area (Å²) in [6.07, 6.45) is 1.63. The third kappa shape index (κ3) is 4.29. The lowest BCUT2D eigenvalue weighted by Crippen LogP contribution is -2.50. The third-order valence-electron chi connectivity index (χ3n) is 4.15.